The van der Waals surface area contributed by atoms with Gasteiger partial charge in [0.25, 0.3) is 5.91 Å². The molecule has 2 aromatic rings. The Morgan fingerprint density at radius 1 is 1.43 bits per heavy atom. The van der Waals surface area contributed by atoms with Gasteiger partial charge in [0.05, 0.1) is 16.3 Å². The maximum absolute atomic E-state index is 12.6. The van der Waals surface area contributed by atoms with Crippen LogP contribution in [0.4, 0.5) is 10.8 Å². The second kappa shape index (κ2) is 8.57. The van der Waals surface area contributed by atoms with Crippen LogP contribution in [0.5, 0.6) is 0 Å². The van der Waals surface area contributed by atoms with E-state index in [4.69, 9.17) is 23.8 Å². The fourth-order valence-corrected chi connectivity index (χ4v) is 4.80. The van der Waals surface area contributed by atoms with Crippen LogP contribution in [0.3, 0.4) is 0 Å². The van der Waals surface area contributed by atoms with Crippen molar-refractivity contribution in [1.29, 1.82) is 0 Å². The number of hydrogen-bond donors (Lipinski definition) is 0. The Balaban J connectivity index is 1.88. The molecule has 0 spiro atoms. The van der Waals surface area contributed by atoms with E-state index >= 15 is 0 Å². The largest absolute Gasteiger partial charge is 0.289 e. The zero-order valence-corrected chi connectivity index (χ0v) is 18.3. The lowest BCUT2D eigenvalue weighted by Gasteiger charge is -2.18. The number of carbonyl (C=O) groups excluding carboxylic acids is 2. The molecule has 2 amide bonds. The molecule has 3 rings (SSSR count). The molecular weight excluding hydrogens is 434 g/mol. The van der Waals surface area contributed by atoms with Gasteiger partial charge in [-0.25, -0.2) is 4.98 Å². The average Bonchev–Trinajstić information content (AvgIpc) is 3.15. The van der Waals surface area contributed by atoms with E-state index in [-0.39, 0.29) is 11.8 Å². The number of amides is 2. The van der Waals surface area contributed by atoms with Gasteiger partial charge in [-0.2, -0.15) is 0 Å². The third-order valence-corrected chi connectivity index (χ3v) is 6.12. The fourth-order valence-electron chi connectivity index (χ4n) is 2.53. The molecule has 5 nitrogen and oxygen atoms in total. The van der Waals surface area contributed by atoms with Gasteiger partial charge in [0.1, 0.15) is 4.32 Å². The zero-order valence-electron chi connectivity index (χ0n) is 15.1. The average molecular weight is 450 g/mol. The van der Waals surface area contributed by atoms with Crippen LogP contribution in [0, 0.1) is 0 Å². The van der Waals surface area contributed by atoms with E-state index in [0.29, 0.717) is 37.3 Å². The molecule has 1 aromatic heterocycles. The highest BCUT2D eigenvalue weighted by molar-refractivity contribution is 8.26. The first-order valence-corrected chi connectivity index (χ1v) is 10.7. The molecule has 1 saturated heterocycles. The number of halogens is 1. The number of benzene rings is 1. The number of hydrogen-bond acceptors (Lipinski definition) is 6. The van der Waals surface area contributed by atoms with Crippen molar-refractivity contribution in [2.75, 3.05) is 11.4 Å². The van der Waals surface area contributed by atoms with Crippen molar-refractivity contribution in [1.82, 2.24) is 9.88 Å². The van der Waals surface area contributed by atoms with E-state index in [1.165, 1.54) is 39.8 Å². The molecule has 0 N–H and O–H groups in total. The molecule has 0 unspecified atom stereocenters. The minimum Gasteiger partial charge on any atom is -0.289 e. The normalized spacial score (nSPS) is 15.4. The molecule has 28 heavy (non-hydrogen) atoms. The van der Waals surface area contributed by atoms with Crippen molar-refractivity contribution in [3.05, 3.63) is 57.4 Å². The van der Waals surface area contributed by atoms with Crippen LogP contribution in [0.25, 0.3) is 6.08 Å². The molecular formula is C19H16ClN3O2S3. The summed E-state index contributed by atoms with van der Waals surface area (Å²) in [5.41, 5.74) is 2.07. The number of nitrogens with zero attached hydrogens (tertiary/aromatic N) is 3. The number of rotatable bonds is 5. The summed E-state index contributed by atoms with van der Waals surface area (Å²) in [4.78, 5) is 32.8. The lowest BCUT2D eigenvalue weighted by molar-refractivity contribution is -0.121. The van der Waals surface area contributed by atoms with E-state index in [1.807, 2.05) is 6.92 Å². The minimum atomic E-state index is -0.184. The highest BCUT2D eigenvalue weighted by Crippen LogP contribution is 2.35. The van der Waals surface area contributed by atoms with Crippen LogP contribution in [-0.4, -0.2) is 32.6 Å². The van der Waals surface area contributed by atoms with Crippen molar-refractivity contribution in [3.63, 3.8) is 0 Å². The van der Waals surface area contributed by atoms with Crippen molar-refractivity contribution < 1.29 is 9.59 Å². The Morgan fingerprint density at radius 2 is 2.18 bits per heavy atom. The lowest BCUT2D eigenvalue weighted by Crippen LogP contribution is -2.29. The smallest absolute Gasteiger partial charge is 0.266 e. The van der Waals surface area contributed by atoms with E-state index in [9.17, 15) is 9.59 Å². The van der Waals surface area contributed by atoms with E-state index < -0.39 is 0 Å². The van der Waals surface area contributed by atoms with Crippen molar-refractivity contribution in [3.8, 4) is 0 Å². The Hall–Kier alpha value is -2.00. The number of carbonyl (C=O) groups is 2. The molecule has 1 aliphatic rings. The van der Waals surface area contributed by atoms with Gasteiger partial charge < -0.3 is 0 Å². The van der Waals surface area contributed by atoms with Gasteiger partial charge >= 0.3 is 0 Å². The first-order chi connectivity index (χ1) is 13.3. The van der Waals surface area contributed by atoms with E-state index in [0.717, 1.165) is 5.57 Å². The standard InChI is InChI=1S/C19H16ClN3O2S3/c1-11(2)9-22-17(25)16(28-19(22)26)8-14-10-27-18(21-14)23(12(3)24)15-6-4-5-13(20)7-15/h4-8,10H,1,9H2,2-3H3/b16-8+. The van der Waals surface area contributed by atoms with Crippen LogP contribution in [0.1, 0.15) is 19.5 Å². The van der Waals surface area contributed by atoms with Gasteiger partial charge in [-0.15, -0.1) is 11.3 Å². The van der Waals surface area contributed by atoms with Crippen LogP contribution < -0.4 is 4.90 Å². The summed E-state index contributed by atoms with van der Waals surface area (Å²) < 4.78 is 0.499. The van der Waals surface area contributed by atoms with Gasteiger partial charge in [0.2, 0.25) is 5.91 Å². The van der Waals surface area contributed by atoms with Crippen molar-refractivity contribution in [2.24, 2.45) is 0 Å². The summed E-state index contributed by atoms with van der Waals surface area (Å²) >= 11 is 13.9. The topological polar surface area (TPSA) is 53.5 Å². The first-order valence-electron chi connectivity index (χ1n) is 8.18. The van der Waals surface area contributed by atoms with Gasteiger partial charge in [-0.3, -0.25) is 19.4 Å². The Morgan fingerprint density at radius 3 is 2.82 bits per heavy atom. The molecule has 0 bridgehead atoms. The Bertz CT molecular complexity index is 1020. The predicted octanol–water partition coefficient (Wildman–Crippen LogP) is 5.26. The molecule has 2 heterocycles. The van der Waals surface area contributed by atoms with Crippen molar-refractivity contribution >= 4 is 79.9 Å². The summed E-state index contributed by atoms with van der Waals surface area (Å²) in [6, 6.07) is 7.00. The van der Waals surface area contributed by atoms with Crippen LogP contribution >= 0.6 is 46.9 Å². The Kier molecular flexibility index (Phi) is 6.34. The maximum Gasteiger partial charge on any atom is 0.266 e. The molecule has 0 aliphatic carbocycles. The molecule has 0 radical (unpaired) electrons. The summed E-state index contributed by atoms with van der Waals surface area (Å²) in [5.74, 6) is -0.346. The fraction of sp³-hybridized carbons (Fsp3) is 0.158. The second-order valence-electron chi connectivity index (χ2n) is 6.11. The van der Waals surface area contributed by atoms with Gasteiger partial charge in [0, 0.05) is 23.9 Å². The quantitative estimate of drug-likeness (QED) is 0.354. The summed E-state index contributed by atoms with van der Waals surface area (Å²) in [7, 11) is 0. The third-order valence-electron chi connectivity index (χ3n) is 3.66. The van der Waals surface area contributed by atoms with Crippen LogP contribution in [0.15, 0.2) is 46.7 Å². The summed E-state index contributed by atoms with van der Waals surface area (Å²) in [5, 5.41) is 2.82. The third kappa shape index (κ3) is 4.52. The van der Waals surface area contributed by atoms with Crippen LogP contribution in [-0.2, 0) is 9.59 Å². The molecule has 1 fully saturated rings. The predicted molar refractivity (Wildman–Crippen MR) is 121 cm³/mol. The number of anilines is 2. The second-order valence-corrected chi connectivity index (χ2v) is 9.06. The summed E-state index contributed by atoms with van der Waals surface area (Å²) in [6.07, 6.45) is 1.69. The molecule has 1 aromatic carbocycles. The van der Waals surface area contributed by atoms with E-state index in [2.05, 4.69) is 11.6 Å². The number of thiazole rings is 1. The zero-order chi connectivity index (χ0) is 20.4. The van der Waals surface area contributed by atoms with E-state index in [1.54, 1.807) is 35.7 Å². The molecule has 9 heteroatoms. The first kappa shape index (κ1) is 20.7. The van der Waals surface area contributed by atoms with Gasteiger partial charge in [-0.05, 0) is 31.2 Å². The highest BCUT2D eigenvalue weighted by Gasteiger charge is 2.32. The molecule has 0 atom stereocenters. The Labute approximate surface area is 181 Å². The molecule has 1 aliphatic heterocycles. The van der Waals surface area contributed by atoms with Gasteiger partial charge in [-0.1, -0.05) is 53.8 Å². The highest BCUT2D eigenvalue weighted by atomic mass is 35.5. The molecule has 144 valence electrons. The SMILES string of the molecule is C=C(C)CN1C(=O)/C(=C\c2csc(N(C(C)=O)c3cccc(Cl)c3)n2)SC1=S. The summed E-state index contributed by atoms with van der Waals surface area (Å²) in [6.45, 7) is 7.54. The van der Waals surface area contributed by atoms with Gasteiger partial charge in [0.15, 0.2) is 5.13 Å². The van der Waals surface area contributed by atoms with Crippen molar-refractivity contribution in [2.45, 2.75) is 13.8 Å². The lowest BCUT2D eigenvalue weighted by atomic mass is 10.3. The number of aromatic nitrogens is 1. The number of thiocarbonyl (C=S) groups is 1. The number of thioether (sulfide) groups is 1. The monoisotopic (exact) mass is 449 g/mol. The minimum absolute atomic E-state index is 0.161. The maximum atomic E-state index is 12.6. The molecule has 0 saturated carbocycles. The van der Waals surface area contributed by atoms with Crippen LogP contribution in [0.2, 0.25) is 5.02 Å².